The van der Waals surface area contributed by atoms with Crippen LogP contribution in [0.15, 0.2) is 144 Å². The van der Waals surface area contributed by atoms with E-state index in [2.05, 4.69) is 35.3 Å². The maximum atomic E-state index is 13.4. The first-order valence-electron chi connectivity index (χ1n) is 26.2. The Hall–Kier alpha value is -10.2. The molecule has 0 N–H and O–H groups in total. The monoisotopic (exact) mass is 1050 g/mol. The van der Waals surface area contributed by atoms with Crippen LogP contribution in [-0.4, -0.2) is 50.9 Å². The van der Waals surface area contributed by atoms with E-state index >= 15 is 0 Å². The Bertz CT molecular complexity index is 3790. The first kappa shape index (κ1) is 56.1. The van der Waals surface area contributed by atoms with Gasteiger partial charge in [0, 0.05) is 40.5 Å². The highest BCUT2D eigenvalue weighted by atomic mass is 16.6. The van der Waals surface area contributed by atoms with Crippen LogP contribution in [0, 0.1) is 71.5 Å². The van der Waals surface area contributed by atoms with Crippen LogP contribution in [-0.2, 0) is 18.9 Å². The van der Waals surface area contributed by atoms with Gasteiger partial charge in [-0.2, -0.15) is 0 Å². The number of benzene rings is 6. The highest BCUT2D eigenvalue weighted by Gasteiger charge is 2.36. The number of nitriles is 3. The molecule has 13 nitrogen and oxygen atoms in total. The number of ether oxygens (including phenoxy) is 4. The van der Waals surface area contributed by atoms with Gasteiger partial charge in [0.25, 0.3) is 17.1 Å². The minimum Gasteiger partial charge on any atom is -0.462 e. The molecule has 394 valence electrons. The topological polar surface area (TPSA) is 173 Å². The summed E-state index contributed by atoms with van der Waals surface area (Å²) in [5, 5.41) is 28.2. The molecular formula is C67H54N6O7. The van der Waals surface area contributed by atoms with Crippen LogP contribution < -0.4 is 0 Å². The third-order valence-corrected chi connectivity index (χ3v) is 14.7. The molecule has 1 fully saturated rings. The SMILES string of the molecule is [C-]#[N+]/C(C#N)=C1\c2ccccc2-c2c(C(=O)OCCC)cccc21.[C-]#[N+]/C(C#N)=C1\c2ccccc2-c2c(C(=O)OCCOC)cccc21.[C-]#[N+]/C(C#N)=C1\c2ccccc2-c2c(C(=O)O[C@@H]3C[C@H](C(C)C)CC[C@H]3C)cccc21. The first-order chi connectivity index (χ1) is 38.9. The molecule has 0 aromatic heterocycles. The molecule has 13 heteroatoms. The maximum Gasteiger partial charge on any atom is 0.339 e. The number of allylic oxidation sites excluding steroid dienone is 3. The van der Waals surface area contributed by atoms with Gasteiger partial charge in [0.2, 0.25) is 0 Å². The molecule has 4 aliphatic carbocycles. The number of fused-ring (bicyclic) bond motifs is 9. The van der Waals surface area contributed by atoms with Gasteiger partial charge in [-0.3, -0.25) is 0 Å². The minimum absolute atomic E-state index is 0.0103. The molecule has 80 heavy (non-hydrogen) atoms. The normalized spacial score (nSPS) is 17.2. The average molecular weight is 1060 g/mol. The van der Waals surface area contributed by atoms with Gasteiger partial charge in [0.05, 0.1) is 67.8 Å². The van der Waals surface area contributed by atoms with E-state index in [0.29, 0.717) is 75.5 Å². The number of carbonyl (C=O) groups is 3. The lowest BCUT2D eigenvalue weighted by Crippen LogP contribution is -2.34. The molecule has 6 aromatic carbocycles. The average Bonchev–Trinajstić information content (AvgIpc) is 4.15. The predicted molar refractivity (Wildman–Crippen MR) is 304 cm³/mol. The Balaban J connectivity index is 0.000000159. The van der Waals surface area contributed by atoms with Crippen LogP contribution in [0.4, 0.5) is 0 Å². The molecule has 0 spiro atoms. The number of hydrogen-bond donors (Lipinski definition) is 0. The molecule has 0 amide bonds. The van der Waals surface area contributed by atoms with Crippen molar-refractivity contribution in [3.63, 3.8) is 0 Å². The van der Waals surface area contributed by atoms with Crippen molar-refractivity contribution in [2.45, 2.75) is 59.5 Å². The number of esters is 3. The molecule has 0 radical (unpaired) electrons. The number of hydrogen-bond acceptors (Lipinski definition) is 10. The van der Waals surface area contributed by atoms with E-state index < -0.39 is 5.97 Å². The predicted octanol–water partition coefficient (Wildman–Crippen LogP) is 14.6. The van der Waals surface area contributed by atoms with Gasteiger partial charge in [-0.15, -0.1) is 0 Å². The van der Waals surface area contributed by atoms with Crippen molar-refractivity contribution < 1.29 is 33.3 Å². The second-order valence-corrected chi connectivity index (χ2v) is 19.7. The molecule has 0 aliphatic heterocycles. The summed E-state index contributed by atoms with van der Waals surface area (Å²) < 4.78 is 21.5. The highest BCUT2D eigenvalue weighted by Crippen LogP contribution is 2.50. The highest BCUT2D eigenvalue weighted by molar-refractivity contribution is 6.13. The van der Waals surface area contributed by atoms with E-state index in [4.69, 9.17) is 38.7 Å². The van der Waals surface area contributed by atoms with Crippen molar-refractivity contribution >= 4 is 34.6 Å². The minimum atomic E-state index is -0.453. The summed E-state index contributed by atoms with van der Waals surface area (Å²) in [5.74, 6) is 0.327. The van der Waals surface area contributed by atoms with Gasteiger partial charge in [0.1, 0.15) is 12.7 Å². The van der Waals surface area contributed by atoms with Gasteiger partial charge < -0.3 is 18.9 Å². The van der Waals surface area contributed by atoms with Crippen LogP contribution in [0.3, 0.4) is 0 Å². The Labute approximate surface area is 466 Å². The Morgan fingerprint density at radius 2 is 0.887 bits per heavy atom. The van der Waals surface area contributed by atoms with Gasteiger partial charge in [-0.1, -0.05) is 137 Å². The lowest BCUT2D eigenvalue weighted by Gasteiger charge is -2.35. The third-order valence-electron chi connectivity index (χ3n) is 14.7. The summed E-state index contributed by atoms with van der Waals surface area (Å²) >= 11 is 0. The summed E-state index contributed by atoms with van der Waals surface area (Å²) in [7, 11) is 1.54. The second-order valence-electron chi connectivity index (χ2n) is 19.7. The summed E-state index contributed by atoms with van der Waals surface area (Å²) in [6, 6.07) is 44.6. The zero-order valence-electron chi connectivity index (χ0n) is 44.9. The second kappa shape index (κ2) is 25.3. The van der Waals surface area contributed by atoms with Crippen molar-refractivity contribution in [1.82, 2.24) is 0 Å². The van der Waals surface area contributed by atoms with Gasteiger partial charge in [-0.25, -0.2) is 44.7 Å². The van der Waals surface area contributed by atoms with Crippen molar-refractivity contribution in [3.05, 3.63) is 229 Å². The zero-order chi connectivity index (χ0) is 57.0. The fourth-order valence-electron chi connectivity index (χ4n) is 10.9. The van der Waals surface area contributed by atoms with Gasteiger partial charge in [0.15, 0.2) is 0 Å². The first-order valence-corrected chi connectivity index (χ1v) is 26.2. The fourth-order valence-corrected chi connectivity index (χ4v) is 10.9. The molecule has 0 heterocycles. The van der Waals surface area contributed by atoms with Crippen LogP contribution in [0.25, 0.3) is 64.6 Å². The van der Waals surface area contributed by atoms with Crippen LogP contribution in [0.5, 0.6) is 0 Å². The quantitative estimate of drug-likeness (QED) is 0.0422. The van der Waals surface area contributed by atoms with Crippen molar-refractivity contribution in [1.29, 1.82) is 15.8 Å². The molecular weight excluding hydrogens is 1000 g/mol. The Morgan fingerprint density at radius 1 is 0.525 bits per heavy atom. The zero-order valence-corrected chi connectivity index (χ0v) is 44.9. The van der Waals surface area contributed by atoms with Crippen molar-refractivity contribution in [2.24, 2.45) is 17.8 Å². The van der Waals surface area contributed by atoms with E-state index in [0.717, 1.165) is 74.9 Å². The van der Waals surface area contributed by atoms with E-state index in [1.54, 1.807) is 30.3 Å². The fraction of sp³-hybridized carbons (Fsp3) is 0.239. The van der Waals surface area contributed by atoms with Crippen molar-refractivity contribution in [2.75, 3.05) is 26.9 Å². The summed E-state index contributed by atoms with van der Waals surface area (Å²) in [5.41, 5.74) is 12.5. The van der Waals surface area contributed by atoms with E-state index in [-0.39, 0.29) is 41.7 Å². The van der Waals surface area contributed by atoms with Crippen LogP contribution >= 0.6 is 0 Å². The molecule has 3 atom stereocenters. The molecule has 6 aromatic rings. The van der Waals surface area contributed by atoms with E-state index in [9.17, 15) is 30.2 Å². The molecule has 10 rings (SSSR count). The lowest BCUT2D eigenvalue weighted by atomic mass is 9.76. The summed E-state index contributed by atoms with van der Waals surface area (Å²) in [6.07, 6.45) is 3.81. The third kappa shape index (κ3) is 10.9. The summed E-state index contributed by atoms with van der Waals surface area (Å²) in [6.45, 7) is 31.4. The number of rotatable bonds is 10. The molecule has 0 bridgehead atoms. The lowest BCUT2D eigenvalue weighted by molar-refractivity contribution is -0.00946. The van der Waals surface area contributed by atoms with E-state index in [1.807, 2.05) is 122 Å². The van der Waals surface area contributed by atoms with E-state index in [1.165, 1.54) is 13.5 Å². The number of carbonyl (C=O) groups excluding carboxylic acids is 3. The van der Waals surface area contributed by atoms with Crippen molar-refractivity contribution in [3.8, 4) is 51.6 Å². The standard InChI is InChI=1S/C27H26N2O2.C20H14N2O3.C20H14N2O2/c1-16(2)18-13-12-17(3)24(14-18)31-27(30)22-11-7-10-21-25(22)19-8-5-6-9-20(19)26(21)23(15-28)29-4;1-22-17(12-21)19-14-7-4-3-6-13(14)18-15(19)8-5-9-16(18)20(23)25-11-10-24-2;1-3-11-24-20(23)16-10-6-9-15-18(16)13-7-4-5-8-14(13)19(15)17(12-21)22-2/h5-11,16-18,24H,12-14H2,1-3H3;3-9H,10-11H2,2H3;4-10H,3,11H2,1H3/b26-23+;2*19-17+/t17-,18-,24-;;/m1../s1. The largest absolute Gasteiger partial charge is 0.462 e. The molecule has 1 saturated carbocycles. The van der Waals surface area contributed by atoms with Crippen LogP contribution in [0.1, 0.15) is 118 Å². The van der Waals surface area contributed by atoms with Crippen LogP contribution in [0.2, 0.25) is 0 Å². The number of methoxy groups -OCH3 is 1. The molecule has 0 saturated heterocycles. The maximum absolute atomic E-state index is 13.4. The van der Waals surface area contributed by atoms with Gasteiger partial charge in [-0.05, 0) is 112 Å². The Kier molecular flexibility index (Phi) is 17.8. The summed E-state index contributed by atoms with van der Waals surface area (Å²) in [4.78, 5) is 48.4. The smallest absolute Gasteiger partial charge is 0.339 e. The molecule has 0 unspecified atom stereocenters. The number of nitrogens with zero attached hydrogens (tertiary/aromatic N) is 6. The van der Waals surface area contributed by atoms with Gasteiger partial charge >= 0.3 is 17.9 Å². The molecule has 4 aliphatic rings. The Morgan fingerprint density at radius 3 is 1.24 bits per heavy atom.